The van der Waals surface area contributed by atoms with Crippen LogP contribution in [0.4, 0.5) is 19.7 Å². The SMILES string of the molecule is CC(C)(C)OC(=O)N(Cc1cc(N)cc(F)c1C#N)C(=O)OC(C)(C)C. The molecule has 1 rings (SSSR count). The third-order valence-corrected chi connectivity index (χ3v) is 2.86. The van der Waals surface area contributed by atoms with Crippen molar-refractivity contribution in [1.82, 2.24) is 4.90 Å². The number of hydrogen-bond acceptors (Lipinski definition) is 6. The number of nitrogen functional groups attached to an aromatic ring is 1. The van der Waals surface area contributed by atoms with E-state index >= 15 is 0 Å². The summed E-state index contributed by atoms with van der Waals surface area (Å²) in [6, 6.07) is 4.03. The maximum atomic E-state index is 14.0. The molecular weight excluding hydrogens is 341 g/mol. The molecule has 0 aliphatic heterocycles. The lowest BCUT2D eigenvalue weighted by Crippen LogP contribution is -2.43. The van der Waals surface area contributed by atoms with Gasteiger partial charge in [0.15, 0.2) is 0 Å². The number of benzene rings is 1. The molecule has 0 aromatic heterocycles. The molecule has 142 valence electrons. The lowest BCUT2D eigenvalue weighted by Gasteiger charge is -2.28. The summed E-state index contributed by atoms with van der Waals surface area (Å²) in [6.07, 6.45) is -1.95. The number of nitrogens with two attached hydrogens (primary N) is 1. The fourth-order valence-corrected chi connectivity index (χ4v) is 1.94. The van der Waals surface area contributed by atoms with Crippen LogP contribution in [0.1, 0.15) is 52.7 Å². The van der Waals surface area contributed by atoms with Crippen LogP contribution in [0.15, 0.2) is 12.1 Å². The highest BCUT2D eigenvalue weighted by atomic mass is 19.1. The molecule has 1 aromatic rings. The molecule has 0 radical (unpaired) electrons. The van der Waals surface area contributed by atoms with Crippen LogP contribution in [0.2, 0.25) is 0 Å². The predicted molar refractivity (Wildman–Crippen MR) is 93.5 cm³/mol. The lowest BCUT2D eigenvalue weighted by molar-refractivity contribution is -0.000278. The molecule has 0 spiro atoms. The normalized spacial score (nSPS) is 11.5. The zero-order valence-electron chi connectivity index (χ0n) is 15.8. The number of nitriles is 1. The highest BCUT2D eigenvalue weighted by Crippen LogP contribution is 2.22. The van der Waals surface area contributed by atoms with E-state index in [0.29, 0.717) is 4.90 Å². The van der Waals surface area contributed by atoms with Gasteiger partial charge in [0.25, 0.3) is 0 Å². The predicted octanol–water partition coefficient (Wildman–Crippen LogP) is 3.95. The van der Waals surface area contributed by atoms with E-state index in [1.165, 1.54) is 6.07 Å². The van der Waals surface area contributed by atoms with Crippen LogP contribution in [-0.4, -0.2) is 28.3 Å². The van der Waals surface area contributed by atoms with Crippen molar-refractivity contribution < 1.29 is 23.5 Å². The van der Waals surface area contributed by atoms with Crippen molar-refractivity contribution in [3.63, 3.8) is 0 Å². The third-order valence-electron chi connectivity index (χ3n) is 2.86. The van der Waals surface area contributed by atoms with Gasteiger partial charge in [0, 0.05) is 5.69 Å². The summed E-state index contributed by atoms with van der Waals surface area (Å²) < 4.78 is 24.4. The molecule has 0 saturated carbocycles. The van der Waals surface area contributed by atoms with Gasteiger partial charge in [-0.25, -0.2) is 18.9 Å². The van der Waals surface area contributed by atoms with Crippen LogP contribution in [0.5, 0.6) is 0 Å². The first-order valence-electron chi connectivity index (χ1n) is 7.95. The molecular formula is C18H24FN3O4. The second-order valence-electron chi connectivity index (χ2n) is 7.70. The lowest BCUT2D eigenvalue weighted by atomic mass is 10.1. The van der Waals surface area contributed by atoms with Gasteiger partial charge in [-0.05, 0) is 59.2 Å². The van der Waals surface area contributed by atoms with Crippen molar-refractivity contribution in [3.05, 3.63) is 29.1 Å². The number of hydrogen-bond donors (Lipinski definition) is 1. The van der Waals surface area contributed by atoms with E-state index in [9.17, 15) is 19.2 Å². The van der Waals surface area contributed by atoms with E-state index in [-0.39, 0.29) is 16.8 Å². The molecule has 0 aliphatic carbocycles. The van der Waals surface area contributed by atoms with Crippen LogP contribution in [-0.2, 0) is 16.0 Å². The van der Waals surface area contributed by atoms with Gasteiger partial charge in [-0.2, -0.15) is 5.26 Å². The Hall–Kier alpha value is -2.82. The number of halogens is 1. The summed E-state index contributed by atoms with van der Waals surface area (Å²) in [5.74, 6) is -0.837. The monoisotopic (exact) mass is 365 g/mol. The minimum atomic E-state index is -0.974. The molecule has 1 aromatic carbocycles. The van der Waals surface area contributed by atoms with Gasteiger partial charge in [-0.3, -0.25) is 0 Å². The molecule has 8 heteroatoms. The Morgan fingerprint density at radius 3 is 1.96 bits per heavy atom. The van der Waals surface area contributed by atoms with Gasteiger partial charge in [0.05, 0.1) is 12.1 Å². The Bertz CT molecular complexity index is 715. The van der Waals surface area contributed by atoms with Crippen LogP contribution in [0, 0.1) is 17.1 Å². The smallest absolute Gasteiger partial charge is 0.420 e. The highest BCUT2D eigenvalue weighted by Gasteiger charge is 2.32. The van der Waals surface area contributed by atoms with Crippen molar-refractivity contribution in [2.24, 2.45) is 0 Å². The van der Waals surface area contributed by atoms with Crippen molar-refractivity contribution in [2.75, 3.05) is 5.73 Å². The van der Waals surface area contributed by atoms with Gasteiger partial charge in [-0.15, -0.1) is 0 Å². The summed E-state index contributed by atoms with van der Waals surface area (Å²) in [5.41, 5.74) is 3.71. The molecule has 2 N–H and O–H groups in total. The zero-order valence-corrected chi connectivity index (χ0v) is 15.8. The molecule has 0 aliphatic rings. The van der Waals surface area contributed by atoms with Crippen LogP contribution < -0.4 is 5.73 Å². The minimum Gasteiger partial charge on any atom is -0.443 e. The third kappa shape index (κ3) is 6.24. The first-order chi connectivity index (χ1) is 11.7. The molecule has 0 saturated heterocycles. The molecule has 0 bridgehead atoms. The summed E-state index contributed by atoms with van der Waals surface area (Å²) in [5, 5.41) is 9.17. The first-order valence-corrected chi connectivity index (χ1v) is 7.95. The Morgan fingerprint density at radius 1 is 1.12 bits per heavy atom. The molecule has 0 unspecified atom stereocenters. The highest BCUT2D eigenvalue weighted by molar-refractivity contribution is 5.88. The number of imide groups is 1. The maximum absolute atomic E-state index is 14.0. The number of rotatable bonds is 2. The fraction of sp³-hybridized carbons (Fsp3) is 0.500. The van der Waals surface area contributed by atoms with E-state index in [2.05, 4.69) is 0 Å². The van der Waals surface area contributed by atoms with Crippen molar-refractivity contribution >= 4 is 17.9 Å². The first kappa shape index (κ1) is 21.2. The van der Waals surface area contributed by atoms with Crippen LogP contribution in [0.25, 0.3) is 0 Å². The number of carbonyl (C=O) groups is 2. The second kappa shape index (κ2) is 7.60. The van der Waals surface area contributed by atoms with E-state index < -0.39 is 35.8 Å². The van der Waals surface area contributed by atoms with Crippen molar-refractivity contribution in [2.45, 2.75) is 59.3 Å². The van der Waals surface area contributed by atoms with Gasteiger partial charge in [-0.1, -0.05) is 0 Å². The van der Waals surface area contributed by atoms with Crippen LogP contribution in [0.3, 0.4) is 0 Å². The summed E-state index contributed by atoms with van der Waals surface area (Å²) in [7, 11) is 0. The number of anilines is 1. The van der Waals surface area contributed by atoms with E-state index in [1.807, 2.05) is 0 Å². The average Bonchev–Trinajstić information content (AvgIpc) is 2.40. The van der Waals surface area contributed by atoms with E-state index in [1.54, 1.807) is 47.6 Å². The Kier molecular flexibility index (Phi) is 6.20. The molecule has 0 fully saturated rings. The van der Waals surface area contributed by atoms with Crippen molar-refractivity contribution in [3.8, 4) is 6.07 Å². The molecule has 0 heterocycles. The standard InChI is InChI=1S/C18H24FN3O4/c1-17(2,3)25-15(23)22(16(24)26-18(4,5)6)10-11-7-12(21)8-14(19)13(11)9-20/h7-8H,10,21H2,1-6H3. The van der Waals surface area contributed by atoms with Gasteiger partial charge >= 0.3 is 12.2 Å². The topological polar surface area (TPSA) is 106 Å². The Morgan fingerprint density at radius 2 is 1.58 bits per heavy atom. The zero-order chi connectivity index (χ0) is 20.3. The summed E-state index contributed by atoms with van der Waals surface area (Å²) in [6.45, 7) is 9.41. The largest absolute Gasteiger partial charge is 0.443 e. The summed E-state index contributed by atoms with van der Waals surface area (Å²) >= 11 is 0. The Balaban J connectivity index is 3.28. The quantitative estimate of drug-likeness (QED) is 0.795. The average molecular weight is 365 g/mol. The number of nitrogens with zero attached hydrogens (tertiary/aromatic N) is 2. The molecule has 26 heavy (non-hydrogen) atoms. The minimum absolute atomic E-state index is 0.0600. The molecule has 7 nitrogen and oxygen atoms in total. The van der Waals surface area contributed by atoms with E-state index in [0.717, 1.165) is 6.07 Å². The maximum Gasteiger partial charge on any atom is 0.420 e. The number of amides is 2. The summed E-state index contributed by atoms with van der Waals surface area (Å²) in [4.78, 5) is 25.6. The fourth-order valence-electron chi connectivity index (χ4n) is 1.94. The van der Waals surface area contributed by atoms with Crippen molar-refractivity contribution in [1.29, 1.82) is 5.26 Å². The van der Waals surface area contributed by atoms with Gasteiger partial charge in [0.2, 0.25) is 0 Å². The van der Waals surface area contributed by atoms with Crippen LogP contribution >= 0.6 is 0 Å². The van der Waals surface area contributed by atoms with Gasteiger partial charge < -0.3 is 15.2 Å². The number of carbonyl (C=O) groups excluding carboxylic acids is 2. The molecule has 0 atom stereocenters. The van der Waals surface area contributed by atoms with E-state index in [4.69, 9.17) is 15.2 Å². The molecule has 2 amide bonds. The second-order valence-corrected chi connectivity index (χ2v) is 7.70. The van der Waals surface area contributed by atoms with Gasteiger partial charge in [0.1, 0.15) is 23.1 Å². The number of ether oxygens (including phenoxy) is 2. The Labute approximate surface area is 152 Å².